The third-order valence-electron chi connectivity index (χ3n) is 4.11. The fourth-order valence-electron chi connectivity index (χ4n) is 2.88. The highest BCUT2D eigenvalue weighted by Crippen LogP contribution is 2.27. The van der Waals surface area contributed by atoms with Crippen LogP contribution in [0.15, 0.2) is 41.8 Å². The standard InChI is InChI=1S/C18H20N2OS/c1-14-19-17(13-22-14)7-8-18(21)20-11-9-16(10-12-20)15-5-3-2-4-6-15/h2-8,13,16H,9-12H2,1H3/b8-7+. The summed E-state index contributed by atoms with van der Waals surface area (Å²) >= 11 is 1.60. The number of aromatic nitrogens is 1. The van der Waals surface area contributed by atoms with Crippen molar-refractivity contribution in [3.8, 4) is 0 Å². The molecule has 2 aromatic rings. The number of rotatable bonds is 3. The van der Waals surface area contributed by atoms with Crippen LogP contribution in [0.2, 0.25) is 0 Å². The number of hydrogen-bond donors (Lipinski definition) is 0. The maximum Gasteiger partial charge on any atom is 0.246 e. The van der Waals surface area contributed by atoms with E-state index in [1.165, 1.54) is 5.56 Å². The number of aryl methyl sites for hydroxylation is 1. The molecule has 4 heteroatoms. The summed E-state index contributed by atoms with van der Waals surface area (Å²) in [5.74, 6) is 0.674. The van der Waals surface area contributed by atoms with Gasteiger partial charge in [-0.25, -0.2) is 4.98 Å². The van der Waals surface area contributed by atoms with E-state index in [1.54, 1.807) is 17.4 Å². The molecular formula is C18H20N2OS. The van der Waals surface area contributed by atoms with Crippen LogP contribution in [0.1, 0.15) is 35.0 Å². The Morgan fingerprint density at radius 1 is 1.27 bits per heavy atom. The SMILES string of the molecule is Cc1nc(/C=C/C(=O)N2CCC(c3ccccc3)CC2)cs1. The summed E-state index contributed by atoms with van der Waals surface area (Å²) in [6.45, 7) is 3.63. The van der Waals surface area contributed by atoms with Crippen molar-refractivity contribution >= 4 is 23.3 Å². The molecule has 1 amide bonds. The van der Waals surface area contributed by atoms with Crippen molar-refractivity contribution in [3.05, 3.63) is 58.1 Å². The van der Waals surface area contributed by atoms with Crippen LogP contribution in [0, 0.1) is 6.92 Å². The van der Waals surface area contributed by atoms with Gasteiger partial charge in [0.1, 0.15) is 0 Å². The number of carbonyl (C=O) groups excluding carboxylic acids is 1. The average molecular weight is 312 g/mol. The van der Waals surface area contributed by atoms with Gasteiger partial charge in [0.05, 0.1) is 10.7 Å². The number of nitrogens with zero attached hydrogens (tertiary/aromatic N) is 2. The van der Waals surface area contributed by atoms with Crippen LogP contribution >= 0.6 is 11.3 Å². The van der Waals surface area contributed by atoms with Gasteiger partial charge in [-0.1, -0.05) is 30.3 Å². The van der Waals surface area contributed by atoms with Gasteiger partial charge in [-0.15, -0.1) is 11.3 Å². The van der Waals surface area contributed by atoms with Crippen molar-refractivity contribution in [2.75, 3.05) is 13.1 Å². The molecular weight excluding hydrogens is 292 g/mol. The number of carbonyl (C=O) groups is 1. The molecule has 0 bridgehead atoms. The number of amides is 1. The lowest BCUT2D eigenvalue weighted by molar-refractivity contribution is -0.126. The van der Waals surface area contributed by atoms with Crippen LogP contribution in [0.25, 0.3) is 6.08 Å². The molecule has 1 aliphatic heterocycles. The van der Waals surface area contributed by atoms with Crippen LogP contribution in [0.5, 0.6) is 0 Å². The van der Waals surface area contributed by atoms with Crippen molar-refractivity contribution in [3.63, 3.8) is 0 Å². The first-order chi connectivity index (χ1) is 10.7. The minimum atomic E-state index is 0.0946. The highest BCUT2D eigenvalue weighted by atomic mass is 32.1. The summed E-state index contributed by atoms with van der Waals surface area (Å²) in [6.07, 6.45) is 5.55. The topological polar surface area (TPSA) is 33.2 Å². The zero-order valence-electron chi connectivity index (χ0n) is 12.7. The molecule has 1 aromatic heterocycles. The van der Waals surface area contributed by atoms with Gasteiger partial charge in [0.25, 0.3) is 0 Å². The zero-order chi connectivity index (χ0) is 15.4. The van der Waals surface area contributed by atoms with E-state index < -0.39 is 0 Å². The molecule has 114 valence electrons. The number of likely N-dealkylation sites (tertiary alicyclic amines) is 1. The third-order valence-corrected chi connectivity index (χ3v) is 4.90. The van der Waals surface area contributed by atoms with E-state index in [0.29, 0.717) is 5.92 Å². The van der Waals surface area contributed by atoms with Crippen molar-refractivity contribution in [2.45, 2.75) is 25.7 Å². The van der Waals surface area contributed by atoms with Crippen LogP contribution in [0.3, 0.4) is 0 Å². The zero-order valence-corrected chi connectivity index (χ0v) is 13.6. The largest absolute Gasteiger partial charge is 0.339 e. The Hall–Kier alpha value is -1.94. The van der Waals surface area contributed by atoms with Gasteiger partial charge in [-0.05, 0) is 37.3 Å². The predicted octanol–water partition coefficient (Wildman–Crippen LogP) is 3.87. The van der Waals surface area contributed by atoms with Gasteiger partial charge in [0.2, 0.25) is 5.91 Å². The summed E-state index contributed by atoms with van der Waals surface area (Å²) in [7, 11) is 0. The summed E-state index contributed by atoms with van der Waals surface area (Å²) in [6, 6.07) is 10.6. The van der Waals surface area contributed by atoms with Gasteiger partial charge in [-0.2, -0.15) is 0 Å². The first-order valence-electron chi connectivity index (χ1n) is 7.66. The van der Waals surface area contributed by atoms with E-state index in [2.05, 4.69) is 29.2 Å². The smallest absolute Gasteiger partial charge is 0.246 e. The molecule has 1 aliphatic rings. The molecule has 0 atom stereocenters. The van der Waals surface area contributed by atoms with E-state index in [4.69, 9.17) is 0 Å². The van der Waals surface area contributed by atoms with Crippen LogP contribution < -0.4 is 0 Å². The lowest BCUT2D eigenvalue weighted by atomic mass is 9.89. The summed E-state index contributed by atoms with van der Waals surface area (Å²) in [5.41, 5.74) is 2.26. The second-order valence-corrected chi connectivity index (χ2v) is 6.70. The minimum absolute atomic E-state index is 0.0946. The Kier molecular flexibility index (Phi) is 4.68. The van der Waals surface area contributed by atoms with Crippen LogP contribution in [-0.2, 0) is 4.79 Å². The maximum atomic E-state index is 12.2. The third kappa shape index (κ3) is 3.63. The van der Waals surface area contributed by atoms with Crippen LogP contribution in [-0.4, -0.2) is 28.9 Å². The molecule has 2 heterocycles. The van der Waals surface area contributed by atoms with Crippen molar-refractivity contribution in [1.82, 2.24) is 9.88 Å². The summed E-state index contributed by atoms with van der Waals surface area (Å²) in [4.78, 5) is 18.5. The normalized spacial score (nSPS) is 16.3. The molecule has 1 saturated heterocycles. The molecule has 0 unspecified atom stereocenters. The molecule has 3 rings (SSSR count). The van der Waals surface area contributed by atoms with Crippen molar-refractivity contribution in [2.24, 2.45) is 0 Å². The molecule has 0 N–H and O–H groups in total. The van der Waals surface area contributed by atoms with E-state index in [1.807, 2.05) is 29.3 Å². The maximum absolute atomic E-state index is 12.2. The van der Waals surface area contributed by atoms with Crippen LogP contribution in [0.4, 0.5) is 0 Å². The molecule has 3 nitrogen and oxygen atoms in total. The Morgan fingerprint density at radius 2 is 2.00 bits per heavy atom. The number of thiazole rings is 1. The van der Waals surface area contributed by atoms with Gasteiger partial charge < -0.3 is 4.90 Å². The Bertz CT molecular complexity index is 655. The molecule has 0 spiro atoms. The Balaban J connectivity index is 1.55. The molecule has 22 heavy (non-hydrogen) atoms. The Labute approximate surface area is 135 Å². The fourth-order valence-corrected chi connectivity index (χ4v) is 3.46. The van der Waals surface area contributed by atoms with E-state index >= 15 is 0 Å². The first-order valence-corrected chi connectivity index (χ1v) is 8.54. The molecule has 0 radical (unpaired) electrons. The molecule has 0 saturated carbocycles. The minimum Gasteiger partial charge on any atom is -0.339 e. The van der Waals surface area contributed by atoms with Gasteiger partial charge in [0.15, 0.2) is 0 Å². The predicted molar refractivity (Wildman–Crippen MR) is 90.9 cm³/mol. The first kappa shape index (κ1) is 15.0. The lowest BCUT2D eigenvalue weighted by Gasteiger charge is -2.31. The quantitative estimate of drug-likeness (QED) is 0.806. The number of piperidine rings is 1. The number of hydrogen-bond acceptors (Lipinski definition) is 3. The molecule has 1 aromatic carbocycles. The highest BCUT2D eigenvalue weighted by molar-refractivity contribution is 7.09. The van der Waals surface area contributed by atoms with E-state index in [-0.39, 0.29) is 5.91 Å². The number of benzene rings is 1. The van der Waals surface area contributed by atoms with Gasteiger partial charge in [-0.3, -0.25) is 4.79 Å². The van der Waals surface area contributed by atoms with E-state index in [9.17, 15) is 4.79 Å². The van der Waals surface area contributed by atoms with E-state index in [0.717, 1.165) is 36.6 Å². The van der Waals surface area contributed by atoms with Gasteiger partial charge in [0, 0.05) is 24.5 Å². The molecule has 0 aliphatic carbocycles. The summed E-state index contributed by atoms with van der Waals surface area (Å²) in [5, 5.41) is 3.00. The average Bonchev–Trinajstić information content (AvgIpc) is 2.99. The summed E-state index contributed by atoms with van der Waals surface area (Å²) < 4.78 is 0. The second kappa shape index (κ2) is 6.88. The lowest BCUT2D eigenvalue weighted by Crippen LogP contribution is -2.36. The van der Waals surface area contributed by atoms with Gasteiger partial charge >= 0.3 is 0 Å². The Morgan fingerprint density at radius 3 is 2.64 bits per heavy atom. The van der Waals surface area contributed by atoms with Crippen molar-refractivity contribution in [1.29, 1.82) is 0 Å². The highest BCUT2D eigenvalue weighted by Gasteiger charge is 2.22. The fraction of sp³-hybridized carbons (Fsp3) is 0.333. The molecule has 1 fully saturated rings. The monoisotopic (exact) mass is 312 g/mol. The second-order valence-electron chi connectivity index (χ2n) is 5.63. The van der Waals surface area contributed by atoms with Crippen molar-refractivity contribution < 1.29 is 4.79 Å².